The van der Waals surface area contributed by atoms with Crippen LogP contribution in [0.1, 0.15) is 23.5 Å². The molecule has 1 amide bonds. The Morgan fingerprint density at radius 2 is 1.77 bits per heavy atom. The number of hydrogen-bond acceptors (Lipinski definition) is 4. The van der Waals surface area contributed by atoms with Gasteiger partial charge in [-0.2, -0.15) is 0 Å². The summed E-state index contributed by atoms with van der Waals surface area (Å²) in [6.45, 7) is 0.841. The number of carbonyl (C=O) groups excluding carboxylic acids is 1. The molecule has 0 saturated carbocycles. The highest BCUT2D eigenvalue weighted by molar-refractivity contribution is 6.36. The normalized spacial score (nSPS) is 16.5. The fourth-order valence-corrected chi connectivity index (χ4v) is 4.12. The van der Waals surface area contributed by atoms with Gasteiger partial charge in [0.25, 0.3) is 5.91 Å². The molecule has 5 nitrogen and oxygen atoms in total. The molecule has 1 fully saturated rings. The van der Waals surface area contributed by atoms with Gasteiger partial charge in [0.2, 0.25) is 5.82 Å². The van der Waals surface area contributed by atoms with Crippen molar-refractivity contribution < 1.29 is 9.90 Å². The van der Waals surface area contributed by atoms with E-state index in [0.717, 1.165) is 12.0 Å². The summed E-state index contributed by atoms with van der Waals surface area (Å²) < 4.78 is 0. The average molecular weight is 463 g/mol. The molecule has 1 atom stereocenters. The Balaban J connectivity index is 1.81. The van der Waals surface area contributed by atoms with Crippen molar-refractivity contribution in [2.45, 2.75) is 18.9 Å². The highest BCUT2D eigenvalue weighted by Gasteiger charge is 2.26. The fraction of sp³-hybridized carbons (Fsp3) is 0.227. The molecule has 1 saturated heterocycles. The van der Waals surface area contributed by atoms with Gasteiger partial charge in [-0.15, -0.1) is 0 Å². The number of rotatable bonds is 3. The summed E-state index contributed by atoms with van der Waals surface area (Å²) >= 11 is 18.5. The van der Waals surface area contributed by atoms with Gasteiger partial charge in [-0.3, -0.25) is 4.79 Å². The second kappa shape index (κ2) is 8.90. The van der Waals surface area contributed by atoms with Crippen molar-refractivity contribution in [2.24, 2.45) is 0 Å². The van der Waals surface area contributed by atoms with E-state index in [0.29, 0.717) is 44.9 Å². The third kappa shape index (κ3) is 4.44. The van der Waals surface area contributed by atoms with Gasteiger partial charge in [0.05, 0.1) is 16.8 Å². The Bertz CT molecular complexity index is 1090. The van der Waals surface area contributed by atoms with E-state index in [1.807, 2.05) is 12.1 Å². The molecule has 1 N–H and O–H groups in total. The standard InChI is InChI=1S/C22H18Cl3N3O2/c23-14-5-3-13(4-6-14)18-11-26-21(22(30)28-9-1-2-16(29)12-28)27-20(18)17-8-7-15(24)10-19(17)25/h3-8,10-11,16,29H,1-2,9,12H2. The summed E-state index contributed by atoms with van der Waals surface area (Å²) in [4.78, 5) is 23.5. The lowest BCUT2D eigenvalue weighted by atomic mass is 10.0. The second-order valence-electron chi connectivity index (χ2n) is 7.13. The van der Waals surface area contributed by atoms with E-state index in [1.165, 1.54) is 0 Å². The van der Waals surface area contributed by atoms with Crippen LogP contribution in [0.2, 0.25) is 15.1 Å². The molecule has 0 aliphatic carbocycles. The van der Waals surface area contributed by atoms with Crippen LogP contribution in [0.25, 0.3) is 22.4 Å². The molecular formula is C22H18Cl3N3O2. The number of aromatic nitrogens is 2. The number of β-amino-alcohol motifs (C(OH)–C–C–N with tert-alkyl or cyclic N) is 1. The molecule has 2 aromatic carbocycles. The molecule has 1 aliphatic heterocycles. The first-order valence-corrected chi connectivity index (χ1v) is 10.6. The quantitative estimate of drug-likeness (QED) is 0.568. The number of hydrogen-bond donors (Lipinski definition) is 1. The first-order valence-electron chi connectivity index (χ1n) is 9.48. The van der Waals surface area contributed by atoms with Crippen molar-refractivity contribution in [2.75, 3.05) is 13.1 Å². The number of carbonyl (C=O) groups is 1. The van der Waals surface area contributed by atoms with E-state index >= 15 is 0 Å². The van der Waals surface area contributed by atoms with Crippen LogP contribution in [-0.2, 0) is 0 Å². The van der Waals surface area contributed by atoms with Crippen LogP contribution in [0.3, 0.4) is 0 Å². The monoisotopic (exact) mass is 461 g/mol. The van der Waals surface area contributed by atoms with Gasteiger partial charge in [0, 0.05) is 40.5 Å². The number of halogens is 3. The topological polar surface area (TPSA) is 66.3 Å². The van der Waals surface area contributed by atoms with Crippen LogP contribution >= 0.6 is 34.8 Å². The minimum atomic E-state index is -0.527. The Morgan fingerprint density at radius 3 is 2.47 bits per heavy atom. The SMILES string of the molecule is O=C(c1ncc(-c2ccc(Cl)cc2)c(-c2ccc(Cl)cc2Cl)n1)N1CCCC(O)C1. The molecule has 8 heteroatoms. The van der Waals surface area contributed by atoms with E-state index in [4.69, 9.17) is 34.8 Å². The molecule has 3 aromatic rings. The predicted octanol–water partition coefficient (Wildman–Crippen LogP) is 5.37. The maximum Gasteiger partial charge on any atom is 0.291 e. The van der Waals surface area contributed by atoms with Gasteiger partial charge in [-0.1, -0.05) is 46.9 Å². The van der Waals surface area contributed by atoms with Crippen LogP contribution < -0.4 is 0 Å². The van der Waals surface area contributed by atoms with E-state index in [-0.39, 0.29) is 18.3 Å². The number of benzene rings is 2. The third-order valence-corrected chi connectivity index (χ3v) is 5.81. The lowest BCUT2D eigenvalue weighted by Gasteiger charge is -2.29. The largest absolute Gasteiger partial charge is 0.391 e. The van der Waals surface area contributed by atoms with Gasteiger partial charge in [0.15, 0.2) is 0 Å². The van der Waals surface area contributed by atoms with Crippen molar-refractivity contribution in [3.8, 4) is 22.4 Å². The Kier molecular flexibility index (Phi) is 6.25. The molecular weight excluding hydrogens is 445 g/mol. The first-order chi connectivity index (χ1) is 14.4. The van der Waals surface area contributed by atoms with Gasteiger partial charge in [0.1, 0.15) is 0 Å². The van der Waals surface area contributed by atoms with Crippen molar-refractivity contribution in [3.05, 3.63) is 69.6 Å². The summed E-state index contributed by atoms with van der Waals surface area (Å²) in [7, 11) is 0. The number of nitrogens with zero attached hydrogens (tertiary/aromatic N) is 3. The zero-order valence-electron chi connectivity index (χ0n) is 15.9. The van der Waals surface area contributed by atoms with Gasteiger partial charge in [-0.25, -0.2) is 9.97 Å². The molecule has 2 heterocycles. The zero-order valence-corrected chi connectivity index (χ0v) is 18.1. The summed E-state index contributed by atoms with van der Waals surface area (Å²) in [5.74, 6) is -0.259. The first kappa shape index (κ1) is 21.1. The molecule has 1 aliphatic rings. The number of piperidine rings is 1. The molecule has 0 bridgehead atoms. The van der Waals surface area contributed by atoms with E-state index in [2.05, 4.69) is 9.97 Å². The Morgan fingerprint density at radius 1 is 1.03 bits per heavy atom. The van der Waals surface area contributed by atoms with E-state index in [1.54, 1.807) is 41.4 Å². The predicted molar refractivity (Wildman–Crippen MR) is 119 cm³/mol. The van der Waals surface area contributed by atoms with Gasteiger partial charge < -0.3 is 10.0 Å². The molecule has 4 rings (SSSR count). The molecule has 0 radical (unpaired) electrons. The number of likely N-dealkylation sites (tertiary alicyclic amines) is 1. The van der Waals surface area contributed by atoms with Crippen molar-refractivity contribution >= 4 is 40.7 Å². The van der Waals surface area contributed by atoms with Crippen LogP contribution in [-0.4, -0.2) is 45.1 Å². The highest BCUT2D eigenvalue weighted by atomic mass is 35.5. The second-order valence-corrected chi connectivity index (χ2v) is 8.41. The van der Waals surface area contributed by atoms with E-state index < -0.39 is 6.10 Å². The zero-order chi connectivity index (χ0) is 21.3. The number of aliphatic hydroxyl groups excluding tert-OH is 1. The lowest BCUT2D eigenvalue weighted by molar-refractivity contribution is 0.0464. The molecule has 30 heavy (non-hydrogen) atoms. The Labute approximate surface area is 189 Å². The fourth-order valence-electron chi connectivity index (χ4n) is 3.49. The molecule has 0 spiro atoms. The maximum absolute atomic E-state index is 13.0. The Hall–Kier alpha value is -2.18. The lowest BCUT2D eigenvalue weighted by Crippen LogP contribution is -2.42. The molecule has 1 unspecified atom stereocenters. The summed E-state index contributed by atoms with van der Waals surface area (Å²) in [6, 6.07) is 12.4. The van der Waals surface area contributed by atoms with Crippen molar-refractivity contribution in [1.82, 2.24) is 14.9 Å². The van der Waals surface area contributed by atoms with Crippen molar-refractivity contribution in [3.63, 3.8) is 0 Å². The van der Waals surface area contributed by atoms with E-state index in [9.17, 15) is 9.90 Å². The summed E-state index contributed by atoms with van der Waals surface area (Å²) in [5.41, 5.74) is 2.72. The van der Waals surface area contributed by atoms with Crippen LogP contribution in [0.15, 0.2) is 48.7 Å². The third-order valence-electron chi connectivity index (χ3n) is 5.01. The highest BCUT2D eigenvalue weighted by Crippen LogP contribution is 2.36. The number of amides is 1. The average Bonchev–Trinajstić information content (AvgIpc) is 2.73. The molecule has 154 valence electrons. The van der Waals surface area contributed by atoms with Crippen LogP contribution in [0, 0.1) is 0 Å². The summed E-state index contributed by atoms with van der Waals surface area (Å²) in [6.07, 6.45) is 2.52. The number of aliphatic hydroxyl groups is 1. The smallest absolute Gasteiger partial charge is 0.291 e. The van der Waals surface area contributed by atoms with Gasteiger partial charge in [-0.05, 0) is 48.7 Å². The van der Waals surface area contributed by atoms with Crippen molar-refractivity contribution in [1.29, 1.82) is 0 Å². The van der Waals surface area contributed by atoms with Gasteiger partial charge >= 0.3 is 0 Å². The minimum Gasteiger partial charge on any atom is -0.391 e. The summed E-state index contributed by atoms with van der Waals surface area (Å²) in [5, 5.41) is 11.4. The molecule has 1 aromatic heterocycles. The van der Waals surface area contributed by atoms with Crippen LogP contribution in [0.5, 0.6) is 0 Å². The minimum absolute atomic E-state index is 0.0582. The maximum atomic E-state index is 13.0. The van der Waals surface area contributed by atoms with Crippen LogP contribution in [0.4, 0.5) is 0 Å².